The van der Waals surface area contributed by atoms with Crippen LogP contribution < -0.4 is 5.32 Å². The number of hydrogen-bond acceptors (Lipinski definition) is 4. The molecule has 1 amide bonds. The second kappa shape index (κ2) is 6.86. The summed E-state index contributed by atoms with van der Waals surface area (Å²) in [6.07, 6.45) is 0.899. The summed E-state index contributed by atoms with van der Waals surface area (Å²) in [5, 5.41) is 20.8. The van der Waals surface area contributed by atoms with E-state index in [1.54, 1.807) is 24.3 Å². The van der Waals surface area contributed by atoms with Gasteiger partial charge in [0.05, 0.1) is 11.6 Å². The van der Waals surface area contributed by atoms with Gasteiger partial charge < -0.3 is 15.2 Å². The van der Waals surface area contributed by atoms with Crippen molar-refractivity contribution in [2.75, 3.05) is 6.61 Å². The van der Waals surface area contributed by atoms with Gasteiger partial charge >= 0.3 is 5.97 Å². The van der Waals surface area contributed by atoms with Gasteiger partial charge in [-0.2, -0.15) is 5.26 Å². The molecule has 0 saturated carbocycles. The molecule has 0 unspecified atom stereocenters. The van der Waals surface area contributed by atoms with E-state index in [1.807, 2.05) is 6.07 Å². The van der Waals surface area contributed by atoms with Crippen LogP contribution in [0, 0.1) is 11.3 Å². The van der Waals surface area contributed by atoms with Crippen LogP contribution >= 0.6 is 0 Å². The lowest BCUT2D eigenvalue weighted by atomic mass is 10.0. The summed E-state index contributed by atoms with van der Waals surface area (Å²) in [6.45, 7) is 0.521. The Morgan fingerprint density at radius 3 is 2.86 bits per heavy atom. The van der Waals surface area contributed by atoms with Crippen molar-refractivity contribution in [3.05, 3.63) is 35.4 Å². The smallest absolute Gasteiger partial charge is 0.326 e. The number of amides is 1. The summed E-state index contributed by atoms with van der Waals surface area (Å²) in [7, 11) is 0. The number of carboxylic acid groups (broad SMARTS) is 1. The molecule has 110 valence electrons. The molecule has 2 N–H and O–H groups in total. The van der Waals surface area contributed by atoms with E-state index in [4.69, 9.17) is 10.00 Å². The fourth-order valence-corrected chi connectivity index (χ4v) is 2.28. The topological polar surface area (TPSA) is 99.4 Å². The van der Waals surface area contributed by atoms with Crippen molar-refractivity contribution < 1.29 is 19.4 Å². The third kappa shape index (κ3) is 3.80. The van der Waals surface area contributed by atoms with Crippen LogP contribution in [0.2, 0.25) is 0 Å². The van der Waals surface area contributed by atoms with E-state index < -0.39 is 24.0 Å². The Morgan fingerprint density at radius 1 is 1.48 bits per heavy atom. The van der Waals surface area contributed by atoms with Gasteiger partial charge in [-0.15, -0.1) is 0 Å². The molecule has 2 atom stereocenters. The molecule has 0 aromatic heterocycles. The zero-order valence-corrected chi connectivity index (χ0v) is 11.4. The van der Waals surface area contributed by atoms with E-state index in [-0.39, 0.29) is 6.42 Å². The molecule has 2 rings (SSSR count). The molecule has 21 heavy (non-hydrogen) atoms. The molecule has 0 bridgehead atoms. The second-order valence-electron chi connectivity index (χ2n) is 4.87. The Labute approximate surface area is 122 Å². The second-order valence-corrected chi connectivity index (χ2v) is 4.87. The van der Waals surface area contributed by atoms with Gasteiger partial charge in [-0.05, 0) is 24.5 Å². The van der Waals surface area contributed by atoms with Crippen LogP contribution in [0.5, 0.6) is 0 Å². The average molecular weight is 288 g/mol. The molecule has 1 aromatic carbocycles. The van der Waals surface area contributed by atoms with Crippen molar-refractivity contribution in [3.63, 3.8) is 0 Å². The van der Waals surface area contributed by atoms with Crippen LogP contribution in [-0.2, 0) is 20.7 Å². The number of carboxylic acids is 1. The molecule has 1 heterocycles. The maximum Gasteiger partial charge on any atom is 0.326 e. The zero-order chi connectivity index (χ0) is 15.2. The normalized spacial score (nSPS) is 18.7. The van der Waals surface area contributed by atoms with Gasteiger partial charge in [0.25, 0.3) is 0 Å². The Hall–Kier alpha value is -2.39. The molecule has 6 nitrogen and oxygen atoms in total. The molecule has 0 spiro atoms. The molecule has 1 aliphatic rings. The highest BCUT2D eigenvalue weighted by molar-refractivity contribution is 5.86. The van der Waals surface area contributed by atoms with Crippen LogP contribution in [-0.4, -0.2) is 35.7 Å². The number of rotatable bonds is 5. The van der Waals surface area contributed by atoms with Gasteiger partial charge in [0.2, 0.25) is 5.91 Å². The molecule has 0 radical (unpaired) electrons. The Bertz CT molecular complexity index is 573. The van der Waals surface area contributed by atoms with Crippen molar-refractivity contribution in [1.82, 2.24) is 5.32 Å². The van der Waals surface area contributed by atoms with Crippen molar-refractivity contribution in [2.45, 2.75) is 31.4 Å². The van der Waals surface area contributed by atoms with Gasteiger partial charge in [-0.1, -0.05) is 18.2 Å². The van der Waals surface area contributed by atoms with E-state index in [2.05, 4.69) is 5.32 Å². The standard InChI is InChI=1S/C15H16N2O4/c16-9-11-5-2-1-4-10(11)8-12(15(19)20)17-14(18)13-6-3-7-21-13/h1-2,4-5,12-13H,3,6-8H2,(H,17,18)(H,19,20)/t12-,13+/m1/s1. The van der Waals surface area contributed by atoms with E-state index in [1.165, 1.54) is 0 Å². The predicted molar refractivity (Wildman–Crippen MR) is 73.4 cm³/mol. The highest BCUT2D eigenvalue weighted by Gasteiger charge is 2.28. The summed E-state index contributed by atoms with van der Waals surface area (Å²) < 4.78 is 5.23. The van der Waals surface area contributed by atoms with Gasteiger partial charge in [0.15, 0.2) is 0 Å². The summed E-state index contributed by atoms with van der Waals surface area (Å²) in [6, 6.07) is 7.70. The van der Waals surface area contributed by atoms with E-state index in [0.29, 0.717) is 24.2 Å². The van der Waals surface area contributed by atoms with Crippen molar-refractivity contribution in [3.8, 4) is 6.07 Å². The van der Waals surface area contributed by atoms with Gasteiger partial charge in [0.1, 0.15) is 12.1 Å². The number of nitrogens with zero attached hydrogens (tertiary/aromatic N) is 1. The lowest BCUT2D eigenvalue weighted by Crippen LogP contribution is -2.46. The molecule has 1 saturated heterocycles. The van der Waals surface area contributed by atoms with Crippen LogP contribution in [0.25, 0.3) is 0 Å². The van der Waals surface area contributed by atoms with E-state index >= 15 is 0 Å². The number of carbonyl (C=O) groups is 2. The summed E-state index contributed by atoms with van der Waals surface area (Å²) in [5.41, 5.74) is 1.01. The number of nitriles is 1. The summed E-state index contributed by atoms with van der Waals surface area (Å²) in [5.74, 6) is -1.54. The first-order chi connectivity index (χ1) is 10.1. The third-order valence-electron chi connectivity index (χ3n) is 3.40. The van der Waals surface area contributed by atoms with Gasteiger partial charge in [0, 0.05) is 13.0 Å². The Morgan fingerprint density at radius 2 is 2.24 bits per heavy atom. The van der Waals surface area contributed by atoms with Crippen LogP contribution in [0.4, 0.5) is 0 Å². The minimum atomic E-state index is -1.13. The maximum absolute atomic E-state index is 11.9. The van der Waals surface area contributed by atoms with Crippen molar-refractivity contribution in [2.24, 2.45) is 0 Å². The lowest BCUT2D eigenvalue weighted by molar-refractivity contribution is -0.143. The quantitative estimate of drug-likeness (QED) is 0.836. The number of ether oxygens (including phenoxy) is 1. The Kier molecular flexibility index (Phi) is 4.90. The van der Waals surface area contributed by atoms with E-state index in [9.17, 15) is 14.7 Å². The number of benzene rings is 1. The minimum Gasteiger partial charge on any atom is -0.480 e. The number of carbonyl (C=O) groups excluding carboxylic acids is 1. The monoisotopic (exact) mass is 288 g/mol. The molecule has 1 fully saturated rings. The van der Waals surface area contributed by atoms with Crippen molar-refractivity contribution in [1.29, 1.82) is 5.26 Å². The van der Waals surface area contributed by atoms with Crippen molar-refractivity contribution >= 4 is 11.9 Å². The molecule has 6 heteroatoms. The highest BCUT2D eigenvalue weighted by atomic mass is 16.5. The third-order valence-corrected chi connectivity index (χ3v) is 3.40. The van der Waals surface area contributed by atoms with Crippen LogP contribution in [0.15, 0.2) is 24.3 Å². The minimum absolute atomic E-state index is 0.0670. The van der Waals surface area contributed by atoms with Gasteiger partial charge in [-0.25, -0.2) is 4.79 Å². The van der Waals surface area contributed by atoms with Crippen LogP contribution in [0.1, 0.15) is 24.0 Å². The van der Waals surface area contributed by atoms with E-state index in [0.717, 1.165) is 6.42 Å². The molecule has 1 aromatic rings. The lowest BCUT2D eigenvalue weighted by Gasteiger charge is -2.17. The van der Waals surface area contributed by atoms with Gasteiger partial charge in [-0.3, -0.25) is 4.79 Å². The molecular weight excluding hydrogens is 272 g/mol. The molecular formula is C15H16N2O4. The highest BCUT2D eigenvalue weighted by Crippen LogP contribution is 2.14. The average Bonchev–Trinajstić information content (AvgIpc) is 3.01. The fraction of sp³-hybridized carbons (Fsp3) is 0.400. The zero-order valence-electron chi connectivity index (χ0n) is 11.4. The largest absolute Gasteiger partial charge is 0.480 e. The molecule has 0 aliphatic carbocycles. The Balaban J connectivity index is 2.07. The first-order valence-electron chi connectivity index (χ1n) is 6.74. The maximum atomic E-state index is 11.9. The summed E-state index contributed by atoms with van der Waals surface area (Å²) >= 11 is 0. The first kappa shape index (κ1) is 15.0. The number of nitrogens with one attached hydrogen (secondary N) is 1. The SMILES string of the molecule is N#Cc1ccccc1C[C@@H](NC(=O)[C@@H]1CCCO1)C(=O)O. The fourth-order valence-electron chi connectivity index (χ4n) is 2.28. The predicted octanol–water partition coefficient (Wildman–Crippen LogP) is 0.849. The van der Waals surface area contributed by atoms with Crippen LogP contribution in [0.3, 0.4) is 0 Å². The number of hydrogen-bond donors (Lipinski definition) is 2. The first-order valence-corrected chi connectivity index (χ1v) is 6.74. The molecule has 1 aliphatic heterocycles. The number of aliphatic carboxylic acids is 1. The summed E-state index contributed by atoms with van der Waals surface area (Å²) in [4.78, 5) is 23.3.